The Morgan fingerprint density at radius 1 is 1.28 bits per heavy atom. The molecule has 0 spiro atoms. The van der Waals surface area contributed by atoms with Crippen LogP contribution in [0.1, 0.15) is 44.6 Å². The van der Waals surface area contributed by atoms with Crippen LogP contribution >= 0.6 is 0 Å². The molecule has 3 N–H and O–H groups in total. The quantitative estimate of drug-likeness (QED) is 0.402. The summed E-state index contributed by atoms with van der Waals surface area (Å²) in [7, 11) is 0. The molecule has 1 atom stereocenters. The van der Waals surface area contributed by atoms with Crippen LogP contribution in [-0.2, 0) is 0 Å². The molecule has 0 aliphatic heterocycles. The molecule has 102 valence electrons. The van der Waals surface area contributed by atoms with E-state index >= 15 is 0 Å². The Morgan fingerprint density at radius 2 is 2.11 bits per heavy atom. The van der Waals surface area contributed by atoms with Gasteiger partial charge in [0.1, 0.15) is 5.75 Å². The molecule has 0 heterocycles. The van der Waals surface area contributed by atoms with Crippen molar-refractivity contribution in [3.8, 4) is 5.75 Å². The first-order valence-corrected chi connectivity index (χ1v) is 6.92. The minimum Gasteiger partial charge on any atom is -0.494 e. The second-order valence-corrected chi connectivity index (χ2v) is 4.81. The summed E-state index contributed by atoms with van der Waals surface area (Å²) in [6, 6.07) is 8.50. The lowest BCUT2D eigenvalue weighted by Crippen LogP contribution is -2.36. The predicted octanol–water partition coefficient (Wildman–Crippen LogP) is 3.18. The summed E-state index contributed by atoms with van der Waals surface area (Å²) in [4.78, 5) is 0. The maximum atomic E-state index is 5.73. The van der Waals surface area contributed by atoms with E-state index in [1.807, 2.05) is 12.1 Å². The molecule has 0 aromatic heterocycles. The SMILES string of the molecule is CCCCCC(CCOc1cccc(C)c1)NN. The van der Waals surface area contributed by atoms with E-state index in [-0.39, 0.29) is 0 Å². The van der Waals surface area contributed by atoms with Gasteiger partial charge in [0.25, 0.3) is 0 Å². The fraction of sp³-hybridized carbons (Fsp3) is 0.600. The first-order valence-electron chi connectivity index (χ1n) is 6.92. The van der Waals surface area contributed by atoms with Crippen molar-refractivity contribution in [2.75, 3.05) is 6.61 Å². The van der Waals surface area contributed by atoms with E-state index in [2.05, 4.69) is 31.4 Å². The zero-order valence-corrected chi connectivity index (χ0v) is 11.6. The number of nitrogens with one attached hydrogen (secondary N) is 1. The molecule has 0 bridgehead atoms. The molecule has 18 heavy (non-hydrogen) atoms. The van der Waals surface area contributed by atoms with Gasteiger partial charge in [0.15, 0.2) is 0 Å². The molecule has 1 rings (SSSR count). The van der Waals surface area contributed by atoms with Gasteiger partial charge < -0.3 is 4.74 Å². The minimum absolute atomic E-state index is 0.362. The molecule has 3 nitrogen and oxygen atoms in total. The van der Waals surface area contributed by atoms with Crippen LogP contribution in [0.15, 0.2) is 24.3 Å². The Morgan fingerprint density at radius 3 is 2.78 bits per heavy atom. The van der Waals surface area contributed by atoms with Crippen LogP contribution in [-0.4, -0.2) is 12.6 Å². The van der Waals surface area contributed by atoms with Crippen molar-refractivity contribution in [2.24, 2.45) is 5.84 Å². The maximum absolute atomic E-state index is 5.73. The summed E-state index contributed by atoms with van der Waals surface area (Å²) in [5, 5.41) is 0. The van der Waals surface area contributed by atoms with Gasteiger partial charge in [-0.25, -0.2) is 0 Å². The largest absolute Gasteiger partial charge is 0.494 e. The number of aryl methyl sites for hydroxylation is 1. The summed E-state index contributed by atoms with van der Waals surface area (Å²) in [5.41, 5.74) is 4.10. The number of unbranched alkanes of at least 4 members (excludes halogenated alkanes) is 2. The smallest absolute Gasteiger partial charge is 0.119 e. The number of nitrogens with two attached hydrogens (primary N) is 1. The van der Waals surface area contributed by atoms with Crippen molar-refractivity contribution < 1.29 is 4.74 Å². The van der Waals surface area contributed by atoms with Crippen LogP contribution < -0.4 is 16.0 Å². The van der Waals surface area contributed by atoms with E-state index in [0.29, 0.717) is 12.6 Å². The van der Waals surface area contributed by atoms with E-state index < -0.39 is 0 Å². The van der Waals surface area contributed by atoms with Gasteiger partial charge in [0.05, 0.1) is 6.61 Å². The normalized spacial score (nSPS) is 12.4. The topological polar surface area (TPSA) is 47.3 Å². The average Bonchev–Trinajstić information content (AvgIpc) is 2.37. The molecule has 0 fully saturated rings. The standard InChI is InChI=1S/C15H26N2O/c1-3-4-5-8-14(17-16)10-11-18-15-9-6-7-13(2)12-15/h6-7,9,12,14,17H,3-5,8,10-11,16H2,1-2H3. The number of ether oxygens (including phenoxy) is 1. The van der Waals surface area contributed by atoms with Crippen LogP contribution in [0.3, 0.4) is 0 Å². The van der Waals surface area contributed by atoms with Crippen LogP contribution in [0.5, 0.6) is 5.75 Å². The van der Waals surface area contributed by atoms with E-state index in [9.17, 15) is 0 Å². The van der Waals surface area contributed by atoms with E-state index in [4.69, 9.17) is 10.6 Å². The fourth-order valence-corrected chi connectivity index (χ4v) is 1.98. The van der Waals surface area contributed by atoms with Crippen LogP contribution in [0, 0.1) is 6.92 Å². The zero-order chi connectivity index (χ0) is 13.2. The highest BCUT2D eigenvalue weighted by Crippen LogP contribution is 2.13. The molecule has 0 aliphatic carbocycles. The highest BCUT2D eigenvalue weighted by molar-refractivity contribution is 5.27. The van der Waals surface area contributed by atoms with Gasteiger partial charge >= 0.3 is 0 Å². The van der Waals surface area contributed by atoms with E-state index in [1.54, 1.807) is 0 Å². The molecule has 0 amide bonds. The number of benzene rings is 1. The van der Waals surface area contributed by atoms with Gasteiger partial charge in [-0.3, -0.25) is 11.3 Å². The second kappa shape index (κ2) is 8.95. The molecule has 1 aromatic carbocycles. The van der Waals surface area contributed by atoms with Gasteiger partial charge in [0, 0.05) is 6.04 Å². The number of hydrogen-bond acceptors (Lipinski definition) is 3. The van der Waals surface area contributed by atoms with Gasteiger partial charge in [0.2, 0.25) is 0 Å². The highest BCUT2D eigenvalue weighted by Gasteiger charge is 2.06. The summed E-state index contributed by atoms with van der Waals surface area (Å²) in [5.74, 6) is 6.50. The third kappa shape index (κ3) is 6.03. The number of hydrogen-bond donors (Lipinski definition) is 2. The second-order valence-electron chi connectivity index (χ2n) is 4.81. The molecule has 3 heteroatoms. The van der Waals surface area contributed by atoms with Crippen molar-refractivity contribution in [1.29, 1.82) is 0 Å². The van der Waals surface area contributed by atoms with Crippen molar-refractivity contribution in [2.45, 2.75) is 52.0 Å². The molecule has 0 aliphatic rings. The van der Waals surface area contributed by atoms with Gasteiger partial charge in [-0.1, -0.05) is 38.3 Å². The zero-order valence-electron chi connectivity index (χ0n) is 11.6. The summed E-state index contributed by atoms with van der Waals surface area (Å²) >= 11 is 0. The molecular formula is C15H26N2O. The lowest BCUT2D eigenvalue weighted by atomic mass is 10.1. The van der Waals surface area contributed by atoms with Gasteiger partial charge in [-0.2, -0.15) is 0 Å². The lowest BCUT2D eigenvalue weighted by Gasteiger charge is -2.16. The third-order valence-electron chi connectivity index (χ3n) is 3.12. The maximum Gasteiger partial charge on any atom is 0.119 e. The van der Waals surface area contributed by atoms with Gasteiger partial charge in [-0.15, -0.1) is 0 Å². The number of hydrazine groups is 1. The van der Waals surface area contributed by atoms with Crippen molar-refractivity contribution >= 4 is 0 Å². The van der Waals surface area contributed by atoms with Crippen LogP contribution in [0.2, 0.25) is 0 Å². The Bertz CT molecular complexity index is 328. The Kier molecular flexibility index (Phi) is 7.46. The molecule has 1 aromatic rings. The summed E-state index contributed by atoms with van der Waals surface area (Å²) < 4.78 is 5.73. The first-order chi connectivity index (χ1) is 8.76. The Hall–Kier alpha value is -1.06. The molecule has 0 radical (unpaired) electrons. The van der Waals surface area contributed by atoms with Crippen molar-refractivity contribution in [1.82, 2.24) is 5.43 Å². The number of rotatable bonds is 9. The Balaban J connectivity index is 2.22. The first kappa shape index (κ1) is 15.0. The third-order valence-corrected chi connectivity index (χ3v) is 3.12. The predicted molar refractivity (Wildman–Crippen MR) is 76.5 cm³/mol. The van der Waals surface area contributed by atoms with Crippen molar-refractivity contribution in [3.05, 3.63) is 29.8 Å². The average molecular weight is 250 g/mol. The van der Waals surface area contributed by atoms with Crippen molar-refractivity contribution in [3.63, 3.8) is 0 Å². The lowest BCUT2D eigenvalue weighted by molar-refractivity contribution is 0.279. The molecule has 0 saturated heterocycles. The van der Waals surface area contributed by atoms with E-state index in [0.717, 1.165) is 18.6 Å². The Labute approximate surface area is 111 Å². The molecular weight excluding hydrogens is 224 g/mol. The monoisotopic (exact) mass is 250 g/mol. The van der Waals surface area contributed by atoms with Crippen LogP contribution in [0.4, 0.5) is 0 Å². The molecule has 0 saturated carbocycles. The van der Waals surface area contributed by atoms with Crippen LogP contribution in [0.25, 0.3) is 0 Å². The van der Waals surface area contributed by atoms with Gasteiger partial charge in [-0.05, 0) is 37.5 Å². The minimum atomic E-state index is 0.362. The summed E-state index contributed by atoms with van der Waals surface area (Å²) in [6.07, 6.45) is 5.83. The molecule has 1 unspecified atom stereocenters. The fourth-order valence-electron chi connectivity index (χ4n) is 1.98. The highest BCUT2D eigenvalue weighted by atomic mass is 16.5. The summed E-state index contributed by atoms with van der Waals surface area (Å²) in [6.45, 7) is 5.00. The van der Waals surface area contributed by atoms with E-state index in [1.165, 1.54) is 24.8 Å².